The summed E-state index contributed by atoms with van der Waals surface area (Å²) in [7, 11) is 0. The minimum absolute atomic E-state index is 0.249. The molecule has 3 N–H and O–H groups in total. The molecule has 3 rings (SSSR count). The summed E-state index contributed by atoms with van der Waals surface area (Å²) in [5.41, 5.74) is 7.62. The summed E-state index contributed by atoms with van der Waals surface area (Å²) in [6.45, 7) is 6.45. The maximum atomic E-state index is 11.3. The molecule has 132 valence electrons. The molecule has 0 bridgehead atoms. The molecule has 0 saturated heterocycles. The Bertz CT molecular complexity index is 818. The maximum absolute atomic E-state index is 11.3. The van der Waals surface area contributed by atoms with Gasteiger partial charge in [0.05, 0.1) is 12.3 Å². The zero-order chi connectivity index (χ0) is 18.0. The summed E-state index contributed by atoms with van der Waals surface area (Å²) in [6.07, 6.45) is 1.59. The molecule has 0 atom stereocenters. The average molecular weight is 361 g/mol. The number of anilines is 1. The molecule has 2 heterocycles. The van der Waals surface area contributed by atoms with Crippen LogP contribution < -0.4 is 20.8 Å². The molecule has 0 fully saturated rings. The van der Waals surface area contributed by atoms with Crippen molar-refractivity contribution in [1.29, 1.82) is 0 Å². The van der Waals surface area contributed by atoms with Crippen molar-refractivity contribution in [2.45, 2.75) is 20.8 Å². The molecule has 1 aliphatic rings. The molecule has 0 unspecified atom stereocenters. The van der Waals surface area contributed by atoms with Gasteiger partial charge in [-0.1, -0.05) is 13.8 Å². The smallest absolute Gasteiger partial charge is 0.347 e. The number of hydrazone groups is 1. The molecule has 0 spiro atoms. The molecule has 0 amide bonds. The first-order chi connectivity index (χ1) is 12.0. The largest absolute Gasteiger partial charge is 0.491 e. The molecule has 0 aliphatic carbocycles. The monoisotopic (exact) mass is 361 g/mol. The van der Waals surface area contributed by atoms with Crippen molar-refractivity contribution in [3.63, 3.8) is 0 Å². The first-order valence-corrected chi connectivity index (χ1v) is 8.58. The van der Waals surface area contributed by atoms with Crippen molar-refractivity contribution in [2.75, 3.05) is 11.6 Å². The molecule has 8 nitrogen and oxygen atoms in total. The van der Waals surface area contributed by atoms with Crippen LogP contribution in [0.1, 0.15) is 29.2 Å². The number of benzene rings is 1. The molecule has 9 heteroatoms. The van der Waals surface area contributed by atoms with Gasteiger partial charge in [-0.3, -0.25) is 0 Å². The number of aromatic carboxylic acids is 1. The molecule has 0 radical (unpaired) electrons. The highest BCUT2D eigenvalue weighted by molar-refractivity contribution is 7.17. The Labute approximate surface area is 149 Å². The molecule has 1 aliphatic heterocycles. The number of rotatable bonds is 6. The fourth-order valence-electron chi connectivity index (χ4n) is 2.26. The van der Waals surface area contributed by atoms with E-state index in [1.165, 1.54) is 0 Å². The van der Waals surface area contributed by atoms with Crippen molar-refractivity contribution in [3.8, 4) is 16.3 Å². The van der Waals surface area contributed by atoms with Gasteiger partial charge in [-0.05, 0) is 31.0 Å². The van der Waals surface area contributed by atoms with Crippen molar-refractivity contribution in [2.24, 2.45) is 11.0 Å². The van der Waals surface area contributed by atoms with Crippen LogP contribution >= 0.6 is 11.3 Å². The number of nitrogens with one attached hydrogen (secondary N) is 2. The van der Waals surface area contributed by atoms with Gasteiger partial charge in [0.2, 0.25) is 0 Å². The van der Waals surface area contributed by atoms with E-state index in [0.717, 1.165) is 22.6 Å². The Morgan fingerprint density at radius 3 is 2.84 bits per heavy atom. The number of carbonyl (C=O) groups is 1. The van der Waals surface area contributed by atoms with Crippen LogP contribution in [0.3, 0.4) is 0 Å². The van der Waals surface area contributed by atoms with Crippen molar-refractivity contribution < 1.29 is 14.6 Å². The highest BCUT2D eigenvalue weighted by Crippen LogP contribution is 2.35. The number of aromatic nitrogens is 1. The van der Waals surface area contributed by atoms with Gasteiger partial charge in [-0.25, -0.2) is 20.3 Å². The van der Waals surface area contributed by atoms with Crippen LogP contribution in [0.25, 0.3) is 10.6 Å². The van der Waals surface area contributed by atoms with Gasteiger partial charge in [0.15, 0.2) is 0 Å². The van der Waals surface area contributed by atoms with Crippen LogP contribution in [-0.4, -0.2) is 29.0 Å². The first kappa shape index (κ1) is 17.2. The highest BCUT2D eigenvalue weighted by atomic mass is 32.1. The third kappa shape index (κ3) is 3.72. The number of aryl methyl sites for hydroxylation is 1. The molecule has 1 aromatic heterocycles. The number of hydrazine groups is 2. The summed E-state index contributed by atoms with van der Waals surface area (Å²) < 4.78 is 5.89. The zero-order valence-electron chi connectivity index (χ0n) is 14.1. The van der Waals surface area contributed by atoms with Gasteiger partial charge >= 0.3 is 5.97 Å². The second-order valence-corrected chi connectivity index (χ2v) is 6.96. The summed E-state index contributed by atoms with van der Waals surface area (Å²) in [5.74, 6) is 0.133. The van der Waals surface area contributed by atoms with Crippen LogP contribution in [0.5, 0.6) is 5.75 Å². The molecule has 2 aromatic rings. The number of nitrogens with zero attached hydrogens (tertiary/aromatic N) is 3. The Balaban J connectivity index is 1.98. The Hall–Kier alpha value is -2.65. The molecule has 1 aromatic carbocycles. The predicted molar refractivity (Wildman–Crippen MR) is 96.8 cm³/mol. The van der Waals surface area contributed by atoms with Crippen LogP contribution in [0.2, 0.25) is 0 Å². The zero-order valence-corrected chi connectivity index (χ0v) is 14.9. The van der Waals surface area contributed by atoms with E-state index >= 15 is 0 Å². The minimum atomic E-state index is -0.962. The van der Waals surface area contributed by atoms with Gasteiger partial charge in [-0.2, -0.15) is 5.10 Å². The van der Waals surface area contributed by atoms with E-state index in [9.17, 15) is 9.90 Å². The highest BCUT2D eigenvalue weighted by Gasteiger charge is 2.19. The Morgan fingerprint density at radius 1 is 1.44 bits per heavy atom. The normalized spacial score (nSPS) is 13.4. The quantitative estimate of drug-likeness (QED) is 0.727. The lowest BCUT2D eigenvalue weighted by Gasteiger charge is -2.19. The second kappa shape index (κ2) is 7.08. The average Bonchev–Trinajstić information content (AvgIpc) is 3.22. The van der Waals surface area contributed by atoms with E-state index in [-0.39, 0.29) is 4.88 Å². The van der Waals surface area contributed by atoms with Crippen LogP contribution in [0, 0.1) is 12.8 Å². The maximum Gasteiger partial charge on any atom is 0.347 e. The molecule has 25 heavy (non-hydrogen) atoms. The number of hydrogen-bond acceptors (Lipinski definition) is 8. The van der Waals surface area contributed by atoms with Crippen molar-refractivity contribution in [3.05, 3.63) is 28.8 Å². The lowest BCUT2D eigenvalue weighted by molar-refractivity contribution is 0.0701. The molecular weight excluding hydrogens is 342 g/mol. The Kier molecular flexibility index (Phi) is 4.86. The summed E-state index contributed by atoms with van der Waals surface area (Å²) in [6, 6.07) is 5.63. The van der Waals surface area contributed by atoms with Crippen LogP contribution in [0.4, 0.5) is 5.69 Å². The SMILES string of the molecule is Cc1nc(-c2ccc(OCC(C)C)c(N3C=NNN3)c2)sc1C(=O)O. The van der Waals surface area contributed by atoms with E-state index in [1.807, 2.05) is 18.2 Å². The molecular formula is C16H19N5O3S. The predicted octanol–water partition coefficient (Wildman–Crippen LogP) is 2.62. The van der Waals surface area contributed by atoms with Gasteiger partial charge in [0.25, 0.3) is 0 Å². The van der Waals surface area contributed by atoms with Gasteiger partial charge in [0.1, 0.15) is 27.7 Å². The van der Waals surface area contributed by atoms with Crippen LogP contribution in [-0.2, 0) is 0 Å². The van der Waals surface area contributed by atoms with E-state index in [0.29, 0.717) is 29.0 Å². The number of carboxylic acids is 1. The lowest BCUT2D eigenvalue weighted by Crippen LogP contribution is -2.37. The lowest BCUT2D eigenvalue weighted by atomic mass is 10.2. The third-order valence-electron chi connectivity index (χ3n) is 3.44. The number of ether oxygens (including phenoxy) is 1. The number of hydrogen-bond donors (Lipinski definition) is 3. The summed E-state index contributed by atoms with van der Waals surface area (Å²) in [5, 5.41) is 15.5. The van der Waals surface area contributed by atoms with Crippen LogP contribution in [0.15, 0.2) is 23.3 Å². The molecule has 0 saturated carbocycles. The van der Waals surface area contributed by atoms with E-state index in [4.69, 9.17) is 4.74 Å². The van der Waals surface area contributed by atoms with Crippen molar-refractivity contribution in [1.82, 2.24) is 16.1 Å². The van der Waals surface area contributed by atoms with Crippen molar-refractivity contribution >= 4 is 29.3 Å². The number of carboxylic acid groups (broad SMARTS) is 1. The van der Waals surface area contributed by atoms with E-state index in [2.05, 4.69) is 35.0 Å². The topological polar surface area (TPSA) is 99.1 Å². The standard InChI is InChI=1S/C16H19N5O3S/c1-9(2)7-24-13-5-4-11(6-12(13)21-8-17-19-20-21)15-18-10(3)14(25-15)16(22)23/h4-6,8-9,19-20H,7H2,1-3H3,(H,22,23). The summed E-state index contributed by atoms with van der Waals surface area (Å²) >= 11 is 1.16. The minimum Gasteiger partial charge on any atom is -0.491 e. The first-order valence-electron chi connectivity index (χ1n) is 7.76. The summed E-state index contributed by atoms with van der Waals surface area (Å²) in [4.78, 5) is 15.9. The van der Waals surface area contributed by atoms with Gasteiger partial charge < -0.3 is 9.84 Å². The fraction of sp³-hybridized carbons (Fsp3) is 0.312. The van der Waals surface area contributed by atoms with E-state index in [1.54, 1.807) is 18.3 Å². The fourth-order valence-corrected chi connectivity index (χ4v) is 3.16. The number of thiazole rings is 1. The van der Waals surface area contributed by atoms with E-state index < -0.39 is 5.97 Å². The van der Waals surface area contributed by atoms with Gasteiger partial charge in [0, 0.05) is 5.56 Å². The van der Waals surface area contributed by atoms with Gasteiger partial charge in [-0.15, -0.1) is 16.9 Å². The third-order valence-corrected chi connectivity index (χ3v) is 4.63. The second-order valence-electron chi connectivity index (χ2n) is 5.96. The Morgan fingerprint density at radius 2 is 2.24 bits per heavy atom.